The first-order valence-corrected chi connectivity index (χ1v) is 11.2. The van der Waals surface area contributed by atoms with Gasteiger partial charge in [0.2, 0.25) is 0 Å². The zero-order chi connectivity index (χ0) is 19.9. The predicted octanol–water partition coefficient (Wildman–Crippen LogP) is 3.88. The fraction of sp³-hybridized carbons (Fsp3) is 0.318. The molecular weight excluding hydrogens is 374 g/mol. The number of furan rings is 1. The Morgan fingerprint density at radius 3 is 2.57 bits per heavy atom. The van der Waals surface area contributed by atoms with Gasteiger partial charge >= 0.3 is 0 Å². The summed E-state index contributed by atoms with van der Waals surface area (Å²) in [6, 6.07) is 15.1. The maximum absolute atomic E-state index is 13.5. The lowest BCUT2D eigenvalue weighted by Crippen LogP contribution is -2.40. The van der Waals surface area contributed by atoms with Crippen LogP contribution >= 0.6 is 0 Å². The third-order valence-electron chi connectivity index (χ3n) is 5.39. The van der Waals surface area contributed by atoms with Crippen LogP contribution in [0.2, 0.25) is 0 Å². The highest BCUT2D eigenvalue weighted by Crippen LogP contribution is 2.29. The van der Waals surface area contributed by atoms with Gasteiger partial charge in [-0.05, 0) is 38.0 Å². The summed E-state index contributed by atoms with van der Waals surface area (Å²) < 4.78 is 30.0. The summed E-state index contributed by atoms with van der Waals surface area (Å²) in [5, 5.41) is 0.919. The highest BCUT2D eigenvalue weighted by Gasteiger charge is 2.36. The molecule has 1 aliphatic heterocycles. The van der Waals surface area contributed by atoms with Crippen LogP contribution in [0.1, 0.15) is 33.7 Å². The van der Waals surface area contributed by atoms with Crippen molar-refractivity contribution in [1.29, 1.82) is 0 Å². The van der Waals surface area contributed by atoms with Crippen molar-refractivity contribution >= 4 is 26.7 Å². The Morgan fingerprint density at radius 1 is 1.14 bits per heavy atom. The van der Waals surface area contributed by atoms with E-state index in [1.807, 2.05) is 62.4 Å². The molecule has 0 saturated carbocycles. The number of carbonyl (C=O) groups is 1. The van der Waals surface area contributed by atoms with Crippen LogP contribution < -0.4 is 0 Å². The maximum atomic E-state index is 13.5. The number of hydrogen-bond donors (Lipinski definition) is 0. The van der Waals surface area contributed by atoms with Gasteiger partial charge in [-0.3, -0.25) is 4.79 Å². The summed E-state index contributed by atoms with van der Waals surface area (Å²) in [5.41, 5.74) is 3.52. The van der Waals surface area contributed by atoms with Gasteiger partial charge in [-0.15, -0.1) is 0 Å². The first kappa shape index (κ1) is 18.7. The molecule has 28 heavy (non-hydrogen) atoms. The SMILES string of the molecule is Cc1ccc2oc(C(=O)N(Cc3ccccc3)[C@H]3CCS(=O)(=O)C3)c(C)c2c1. The Kier molecular flexibility index (Phi) is 4.75. The summed E-state index contributed by atoms with van der Waals surface area (Å²) >= 11 is 0. The van der Waals surface area contributed by atoms with Crippen molar-refractivity contribution in [2.45, 2.75) is 32.9 Å². The van der Waals surface area contributed by atoms with E-state index in [1.54, 1.807) is 4.90 Å². The van der Waals surface area contributed by atoms with Crippen LogP contribution in [0.3, 0.4) is 0 Å². The molecule has 1 aromatic heterocycles. The Hall–Kier alpha value is -2.60. The molecule has 0 N–H and O–H groups in total. The average molecular weight is 397 g/mol. The van der Waals surface area contributed by atoms with E-state index in [2.05, 4.69) is 0 Å². The number of benzene rings is 2. The van der Waals surface area contributed by atoms with Gasteiger partial charge < -0.3 is 9.32 Å². The number of nitrogens with zero attached hydrogens (tertiary/aromatic N) is 1. The molecule has 0 aliphatic carbocycles. The van der Waals surface area contributed by atoms with Gasteiger partial charge in [0.25, 0.3) is 5.91 Å². The molecule has 1 amide bonds. The van der Waals surface area contributed by atoms with Crippen LogP contribution in [0.25, 0.3) is 11.0 Å². The van der Waals surface area contributed by atoms with E-state index in [0.29, 0.717) is 24.3 Å². The molecule has 6 heteroatoms. The van der Waals surface area contributed by atoms with Gasteiger partial charge in [0.15, 0.2) is 15.6 Å². The van der Waals surface area contributed by atoms with Gasteiger partial charge in [-0.25, -0.2) is 8.42 Å². The number of fused-ring (bicyclic) bond motifs is 1. The standard InChI is InChI=1S/C22H23NO4S/c1-15-8-9-20-19(12-15)16(2)21(27-20)22(24)23(13-17-6-4-3-5-7-17)18-10-11-28(25,26)14-18/h3-9,12,18H,10-11,13-14H2,1-2H3/t18-/m0/s1. The van der Waals surface area contributed by atoms with Crippen LogP contribution in [-0.2, 0) is 16.4 Å². The first-order chi connectivity index (χ1) is 13.3. The minimum atomic E-state index is -3.11. The summed E-state index contributed by atoms with van der Waals surface area (Å²) in [6.07, 6.45) is 0.458. The Balaban J connectivity index is 1.73. The lowest BCUT2D eigenvalue weighted by Gasteiger charge is -2.28. The number of amides is 1. The Bertz CT molecular complexity index is 1130. The Labute approximate surface area is 164 Å². The lowest BCUT2D eigenvalue weighted by atomic mass is 10.1. The van der Waals surface area contributed by atoms with Crippen molar-refractivity contribution in [3.8, 4) is 0 Å². The van der Waals surface area contributed by atoms with Crippen LogP contribution in [0.15, 0.2) is 52.9 Å². The minimum Gasteiger partial charge on any atom is -0.451 e. The van der Waals surface area contributed by atoms with Crippen molar-refractivity contribution in [3.63, 3.8) is 0 Å². The van der Waals surface area contributed by atoms with Crippen molar-refractivity contribution in [3.05, 3.63) is 71.0 Å². The summed E-state index contributed by atoms with van der Waals surface area (Å²) in [7, 11) is -3.11. The van der Waals surface area contributed by atoms with Gasteiger partial charge in [-0.2, -0.15) is 0 Å². The molecule has 4 rings (SSSR count). The van der Waals surface area contributed by atoms with E-state index in [0.717, 1.165) is 22.1 Å². The van der Waals surface area contributed by atoms with Crippen LogP contribution in [0, 0.1) is 13.8 Å². The van der Waals surface area contributed by atoms with Gasteiger partial charge in [0.05, 0.1) is 11.5 Å². The number of sulfone groups is 1. The van der Waals surface area contributed by atoms with Crippen LogP contribution in [0.5, 0.6) is 0 Å². The summed E-state index contributed by atoms with van der Waals surface area (Å²) in [5.74, 6) is 0.163. The monoisotopic (exact) mass is 397 g/mol. The van der Waals surface area contributed by atoms with Crippen molar-refractivity contribution in [2.24, 2.45) is 0 Å². The summed E-state index contributed by atoms with van der Waals surface area (Å²) in [6.45, 7) is 4.23. The largest absolute Gasteiger partial charge is 0.451 e. The smallest absolute Gasteiger partial charge is 0.290 e. The first-order valence-electron chi connectivity index (χ1n) is 9.39. The zero-order valence-corrected chi connectivity index (χ0v) is 16.8. The van der Waals surface area contributed by atoms with Crippen molar-refractivity contribution in [1.82, 2.24) is 4.90 Å². The van der Waals surface area contributed by atoms with Crippen LogP contribution in [-0.4, -0.2) is 36.8 Å². The molecule has 3 aromatic rings. The highest BCUT2D eigenvalue weighted by atomic mass is 32.2. The third-order valence-corrected chi connectivity index (χ3v) is 7.14. The molecule has 1 atom stereocenters. The van der Waals surface area contributed by atoms with Gasteiger partial charge in [0.1, 0.15) is 5.58 Å². The van der Waals surface area contributed by atoms with E-state index in [-0.39, 0.29) is 23.5 Å². The number of hydrogen-bond acceptors (Lipinski definition) is 4. The second-order valence-corrected chi connectivity index (χ2v) is 9.76. The second kappa shape index (κ2) is 7.09. The van der Waals surface area contributed by atoms with E-state index in [4.69, 9.17) is 4.42 Å². The van der Waals surface area contributed by atoms with Crippen LogP contribution in [0.4, 0.5) is 0 Å². The van der Waals surface area contributed by atoms with Gasteiger partial charge in [-0.1, -0.05) is 42.0 Å². The van der Waals surface area contributed by atoms with E-state index in [9.17, 15) is 13.2 Å². The normalized spacial score (nSPS) is 18.4. The number of carbonyl (C=O) groups excluding carboxylic acids is 1. The average Bonchev–Trinajstić information content (AvgIpc) is 3.19. The van der Waals surface area contributed by atoms with Crippen molar-refractivity contribution in [2.75, 3.05) is 11.5 Å². The summed E-state index contributed by atoms with van der Waals surface area (Å²) in [4.78, 5) is 15.1. The highest BCUT2D eigenvalue weighted by molar-refractivity contribution is 7.91. The lowest BCUT2D eigenvalue weighted by molar-refractivity contribution is 0.0649. The molecule has 1 saturated heterocycles. The molecule has 1 fully saturated rings. The van der Waals surface area contributed by atoms with E-state index >= 15 is 0 Å². The molecule has 0 unspecified atom stereocenters. The molecule has 0 radical (unpaired) electrons. The maximum Gasteiger partial charge on any atom is 0.290 e. The second-order valence-electron chi connectivity index (χ2n) is 7.53. The molecule has 5 nitrogen and oxygen atoms in total. The van der Waals surface area contributed by atoms with E-state index in [1.165, 1.54) is 0 Å². The molecule has 0 bridgehead atoms. The topological polar surface area (TPSA) is 67.6 Å². The molecule has 2 aromatic carbocycles. The molecule has 146 valence electrons. The quantitative estimate of drug-likeness (QED) is 0.670. The number of aryl methyl sites for hydroxylation is 2. The number of rotatable bonds is 4. The zero-order valence-electron chi connectivity index (χ0n) is 16.0. The molecular formula is C22H23NO4S. The molecule has 0 spiro atoms. The fourth-order valence-electron chi connectivity index (χ4n) is 3.84. The molecule has 2 heterocycles. The van der Waals surface area contributed by atoms with Gasteiger partial charge in [0, 0.05) is 23.5 Å². The van der Waals surface area contributed by atoms with Crippen molar-refractivity contribution < 1.29 is 17.6 Å². The Morgan fingerprint density at radius 2 is 1.89 bits per heavy atom. The molecule has 1 aliphatic rings. The third kappa shape index (κ3) is 3.56. The van der Waals surface area contributed by atoms with E-state index < -0.39 is 9.84 Å². The fourth-order valence-corrected chi connectivity index (χ4v) is 5.57. The minimum absolute atomic E-state index is 0.00393. The predicted molar refractivity (Wildman–Crippen MR) is 109 cm³/mol.